The predicted molar refractivity (Wildman–Crippen MR) is 104 cm³/mol. The quantitative estimate of drug-likeness (QED) is 0.629. The van der Waals surface area contributed by atoms with E-state index in [1.807, 2.05) is 24.3 Å². The number of para-hydroxylation sites is 1. The van der Waals surface area contributed by atoms with E-state index in [0.717, 1.165) is 5.56 Å². The minimum absolute atomic E-state index is 0.148. The maximum atomic E-state index is 12.9. The van der Waals surface area contributed by atoms with Gasteiger partial charge in [-0.3, -0.25) is 0 Å². The zero-order valence-electron chi connectivity index (χ0n) is 15.3. The number of aromatic nitrogens is 2. The molecule has 4 rings (SSSR count). The minimum Gasteiger partial charge on any atom is -0.496 e. The number of benzene rings is 2. The molecule has 2 aromatic carbocycles. The van der Waals surface area contributed by atoms with Crippen molar-refractivity contribution in [1.82, 2.24) is 14.4 Å². The van der Waals surface area contributed by atoms with E-state index in [1.54, 1.807) is 26.2 Å². The van der Waals surface area contributed by atoms with Gasteiger partial charge in [0.2, 0.25) is 21.7 Å². The van der Waals surface area contributed by atoms with Crippen molar-refractivity contribution in [3.63, 3.8) is 0 Å². The normalized spacial score (nSPS) is 15.4. The van der Waals surface area contributed by atoms with Gasteiger partial charge in [-0.2, -0.15) is 9.29 Å². The van der Waals surface area contributed by atoms with Gasteiger partial charge in [-0.25, -0.2) is 8.42 Å². The number of hydrogen-bond acceptors (Lipinski definition) is 6. The Morgan fingerprint density at radius 2 is 1.96 bits per heavy atom. The van der Waals surface area contributed by atoms with Crippen molar-refractivity contribution in [1.29, 1.82) is 0 Å². The molecule has 2 heterocycles. The first-order valence-electron chi connectivity index (χ1n) is 8.63. The van der Waals surface area contributed by atoms with Crippen molar-refractivity contribution < 1.29 is 17.7 Å². The largest absolute Gasteiger partial charge is 0.496 e. The van der Waals surface area contributed by atoms with Gasteiger partial charge in [0, 0.05) is 18.1 Å². The molecule has 0 unspecified atom stereocenters. The molecule has 1 saturated heterocycles. The second kappa shape index (κ2) is 7.20. The van der Waals surface area contributed by atoms with Gasteiger partial charge in [-0.05, 0) is 36.8 Å². The Labute approximate surface area is 167 Å². The highest BCUT2D eigenvalue weighted by Crippen LogP contribution is 2.34. The van der Waals surface area contributed by atoms with Crippen molar-refractivity contribution in [3.05, 3.63) is 58.9 Å². The second-order valence-electron chi connectivity index (χ2n) is 6.59. The average molecular weight is 420 g/mol. The summed E-state index contributed by atoms with van der Waals surface area (Å²) in [5.74, 6) is 1.32. The van der Waals surface area contributed by atoms with Crippen molar-refractivity contribution in [3.8, 4) is 17.1 Å². The Hall–Kier alpha value is -2.42. The highest BCUT2D eigenvalue weighted by Gasteiger charge is 2.41. The van der Waals surface area contributed by atoms with Crippen LogP contribution in [0.4, 0.5) is 0 Å². The molecule has 0 spiro atoms. The van der Waals surface area contributed by atoms with Crippen LogP contribution in [-0.4, -0.2) is 43.1 Å². The molecular formula is C19H18ClN3O4S. The first-order chi connectivity index (χ1) is 13.4. The van der Waals surface area contributed by atoms with Gasteiger partial charge in [0.1, 0.15) is 5.75 Å². The molecule has 0 N–H and O–H groups in total. The average Bonchev–Trinajstić information content (AvgIpc) is 3.11. The van der Waals surface area contributed by atoms with Gasteiger partial charge >= 0.3 is 0 Å². The lowest BCUT2D eigenvalue weighted by Gasteiger charge is -2.36. The molecule has 0 saturated carbocycles. The molecular weight excluding hydrogens is 402 g/mol. The molecule has 3 aromatic rings. The number of methoxy groups -OCH3 is 1. The number of halogens is 1. The fourth-order valence-corrected chi connectivity index (χ4v) is 5.14. The summed E-state index contributed by atoms with van der Waals surface area (Å²) in [5, 5.41) is 4.41. The zero-order valence-corrected chi connectivity index (χ0v) is 16.9. The van der Waals surface area contributed by atoms with E-state index in [1.165, 1.54) is 10.4 Å². The van der Waals surface area contributed by atoms with Gasteiger partial charge in [0.15, 0.2) is 0 Å². The van der Waals surface area contributed by atoms with E-state index < -0.39 is 10.0 Å². The molecule has 1 fully saturated rings. The van der Waals surface area contributed by atoms with Crippen molar-refractivity contribution in [2.45, 2.75) is 17.7 Å². The lowest BCUT2D eigenvalue weighted by molar-refractivity contribution is 0.216. The molecule has 0 amide bonds. The number of hydrogen-bond donors (Lipinski definition) is 0. The monoisotopic (exact) mass is 419 g/mol. The van der Waals surface area contributed by atoms with Gasteiger partial charge in [0.25, 0.3) is 0 Å². The van der Waals surface area contributed by atoms with Crippen LogP contribution in [-0.2, 0) is 10.0 Å². The third kappa shape index (κ3) is 3.28. The van der Waals surface area contributed by atoms with Crippen LogP contribution in [0.25, 0.3) is 11.4 Å². The number of aryl methyl sites for hydroxylation is 1. The Morgan fingerprint density at radius 3 is 2.71 bits per heavy atom. The van der Waals surface area contributed by atoms with E-state index in [0.29, 0.717) is 28.1 Å². The van der Waals surface area contributed by atoms with Gasteiger partial charge < -0.3 is 9.26 Å². The van der Waals surface area contributed by atoms with Crippen LogP contribution < -0.4 is 4.74 Å². The first-order valence-corrected chi connectivity index (χ1v) is 10.4. The molecule has 0 radical (unpaired) electrons. The molecule has 1 aliphatic heterocycles. The summed E-state index contributed by atoms with van der Waals surface area (Å²) in [7, 11) is -2.04. The van der Waals surface area contributed by atoms with E-state index in [4.69, 9.17) is 20.9 Å². The van der Waals surface area contributed by atoms with E-state index in [9.17, 15) is 8.42 Å². The molecule has 146 valence electrons. The second-order valence-corrected chi connectivity index (χ2v) is 8.93. The molecule has 7 nitrogen and oxygen atoms in total. The molecule has 28 heavy (non-hydrogen) atoms. The van der Waals surface area contributed by atoms with Gasteiger partial charge in [-0.1, -0.05) is 35.0 Å². The maximum Gasteiger partial charge on any atom is 0.243 e. The fraction of sp³-hybridized carbons (Fsp3) is 0.263. The molecule has 0 atom stereocenters. The van der Waals surface area contributed by atoms with Gasteiger partial charge in [0.05, 0.1) is 23.5 Å². The summed E-state index contributed by atoms with van der Waals surface area (Å²) >= 11 is 5.97. The van der Waals surface area contributed by atoms with E-state index in [2.05, 4.69) is 10.1 Å². The van der Waals surface area contributed by atoms with Crippen LogP contribution in [0.3, 0.4) is 0 Å². The minimum atomic E-state index is -3.61. The lowest BCUT2D eigenvalue weighted by Crippen LogP contribution is -2.48. The van der Waals surface area contributed by atoms with Crippen LogP contribution >= 0.6 is 11.6 Å². The summed E-state index contributed by atoms with van der Waals surface area (Å²) < 4.78 is 37.8. The van der Waals surface area contributed by atoms with Crippen LogP contribution in [0.5, 0.6) is 5.75 Å². The highest BCUT2D eigenvalue weighted by atomic mass is 35.5. The molecule has 1 aliphatic rings. The van der Waals surface area contributed by atoms with Crippen molar-refractivity contribution >= 4 is 21.6 Å². The summed E-state index contributed by atoms with van der Waals surface area (Å²) in [6.07, 6.45) is 0. The molecule has 0 bridgehead atoms. The molecule has 1 aromatic heterocycles. The van der Waals surface area contributed by atoms with Crippen LogP contribution in [0.15, 0.2) is 51.9 Å². The Balaban J connectivity index is 1.52. The van der Waals surface area contributed by atoms with Gasteiger partial charge in [-0.15, -0.1) is 0 Å². The Morgan fingerprint density at radius 1 is 1.21 bits per heavy atom. The smallest absolute Gasteiger partial charge is 0.243 e. The summed E-state index contributed by atoms with van der Waals surface area (Å²) in [6.45, 7) is 2.31. The number of ether oxygens (including phenoxy) is 1. The molecule has 0 aliphatic carbocycles. The lowest BCUT2D eigenvalue weighted by atomic mass is 10.0. The highest BCUT2D eigenvalue weighted by molar-refractivity contribution is 7.89. The molecule has 9 heteroatoms. The maximum absolute atomic E-state index is 12.9. The summed E-state index contributed by atoms with van der Waals surface area (Å²) in [5.41, 5.74) is 1.38. The zero-order chi connectivity index (χ0) is 19.9. The van der Waals surface area contributed by atoms with Crippen LogP contribution in [0.2, 0.25) is 5.02 Å². The van der Waals surface area contributed by atoms with E-state index in [-0.39, 0.29) is 23.9 Å². The predicted octanol–water partition coefficient (Wildman–Crippen LogP) is 3.50. The number of rotatable bonds is 5. The third-order valence-electron chi connectivity index (χ3n) is 4.75. The topological polar surface area (TPSA) is 85.5 Å². The number of sulfonamides is 1. The van der Waals surface area contributed by atoms with Crippen LogP contribution in [0, 0.1) is 6.92 Å². The van der Waals surface area contributed by atoms with Crippen LogP contribution in [0.1, 0.15) is 17.4 Å². The Bertz CT molecular complexity index is 1120. The standard InChI is InChI=1S/C19H18ClN3O4S/c1-12-7-8-14(20)9-17(12)28(24,25)23-10-13(11-23)19-21-18(22-27-19)15-5-3-4-6-16(15)26-2/h3-9,13H,10-11H2,1-2H3. The number of nitrogens with zero attached hydrogens (tertiary/aromatic N) is 3. The van der Waals surface area contributed by atoms with E-state index >= 15 is 0 Å². The summed E-state index contributed by atoms with van der Waals surface area (Å²) in [6, 6.07) is 12.2. The first kappa shape index (κ1) is 18.9. The fourth-order valence-electron chi connectivity index (χ4n) is 3.12. The Kier molecular flexibility index (Phi) is 4.86. The van der Waals surface area contributed by atoms with Crippen molar-refractivity contribution in [2.75, 3.05) is 20.2 Å². The van der Waals surface area contributed by atoms with Crippen molar-refractivity contribution in [2.24, 2.45) is 0 Å². The third-order valence-corrected chi connectivity index (χ3v) is 6.96. The summed E-state index contributed by atoms with van der Waals surface area (Å²) in [4.78, 5) is 4.65. The SMILES string of the molecule is COc1ccccc1-c1noc(C2CN(S(=O)(=O)c3cc(Cl)ccc3C)C2)n1.